The number of aromatic nitrogens is 8. The molecule has 0 bridgehead atoms. The first-order valence-electron chi connectivity index (χ1n) is 20.9. The van der Waals surface area contributed by atoms with Crippen LogP contribution in [0.3, 0.4) is 0 Å². The molecule has 0 fully saturated rings. The molecule has 0 aliphatic carbocycles. The van der Waals surface area contributed by atoms with E-state index in [1.165, 1.54) is 71.4 Å². The van der Waals surface area contributed by atoms with Crippen LogP contribution in [0, 0.1) is 23.5 Å². The normalized spacial score (nSPS) is 12.8. The highest BCUT2D eigenvalue weighted by Crippen LogP contribution is 2.27. The molecule has 4 N–H and O–H groups in total. The Labute approximate surface area is 392 Å². The number of imide groups is 1. The van der Waals surface area contributed by atoms with Crippen LogP contribution in [0.5, 0.6) is 0 Å². The summed E-state index contributed by atoms with van der Waals surface area (Å²) in [5.41, 5.74) is 1.76. The minimum absolute atomic E-state index is 0.0102. The average molecular weight is 977 g/mol. The molecule has 3 amide bonds. The van der Waals surface area contributed by atoms with Gasteiger partial charge in [-0.3, -0.25) is 19.6 Å². The summed E-state index contributed by atoms with van der Waals surface area (Å²) in [6.07, 6.45) is 4.83. The number of pyridine rings is 2. The summed E-state index contributed by atoms with van der Waals surface area (Å²) in [5, 5.41) is 24.3. The maximum Gasteiger partial charge on any atom is 0.417 e. The lowest BCUT2D eigenvalue weighted by Crippen LogP contribution is -2.45. The zero-order valence-electron chi connectivity index (χ0n) is 38.4. The van der Waals surface area contributed by atoms with E-state index >= 15 is 0 Å². The Hall–Kier alpha value is -6.89. The number of nitrogens with one attached hydrogen (secondary N) is 2. The van der Waals surface area contributed by atoms with Crippen LogP contribution in [-0.4, -0.2) is 92.2 Å². The number of benzene rings is 2. The second-order valence-electron chi connectivity index (χ2n) is 16.9. The summed E-state index contributed by atoms with van der Waals surface area (Å²) in [5.74, 6) is -2.36. The Balaban J connectivity index is 0.000000261. The average Bonchev–Trinajstić information content (AvgIpc) is 3.95. The van der Waals surface area contributed by atoms with Crippen LogP contribution < -0.4 is 15.2 Å². The predicted molar refractivity (Wildman–Crippen MR) is 243 cm³/mol. The van der Waals surface area contributed by atoms with Crippen molar-refractivity contribution >= 4 is 38.0 Å². The lowest BCUT2D eigenvalue weighted by molar-refractivity contribution is -0.136. The number of nitrogens with two attached hydrogens (primary N) is 1. The lowest BCUT2D eigenvalue weighted by atomic mass is 10.0. The summed E-state index contributed by atoms with van der Waals surface area (Å²) in [6.45, 7) is 12.1. The molecule has 20 nitrogen and oxygen atoms in total. The number of hydrogen-bond acceptors (Lipinski definition) is 14. The molecule has 0 aliphatic rings. The van der Waals surface area contributed by atoms with E-state index in [0.29, 0.717) is 28.2 Å². The first-order chi connectivity index (χ1) is 31.9. The van der Waals surface area contributed by atoms with Gasteiger partial charge in [-0.2, -0.15) is 0 Å². The van der Waals surface area contributed by atoms with E-state index < -0.39 is 61.4 Å². The molecule has 4 aromatic heterocycles. The van der Waals surface area contributed by atoms with Gasteiger partial charge in [0.25, 0.3) is 5.91 Å². The van der Waals surface area contributed by atoms with Crippen molar-refractivity contribution in [2.24, 2.45) is 17.0 Å². The number of amides is 3. The highest BCUT2D eigenvalue weighted by atomic mass is 32.2. The molecule has 24 heteroatoms. The molecule has 68 heavy (non-hydrogen) atoms. The molecule has 0 aliphatic heterocycles. The van der Waals surface area contributed by atoms with Crippen molar-refractivity contribution in [3.05, 3.63) is 121 Å². The summed E-state index contributed by atoms with van der Waals surface area (Å²) >= 11 is 0. The third-order valence-corrected chi connectivity index (χ3v) is 12.1. The van der Waals surface area contributed by atoms with E-state index in [0.717, 1.165) is 17.0 Å². The summed E-state index contributed by atoms with van der Waals surface area (Å²) < 4.78 is 84.3. The van der Waals surface area contributed by atoms with E-state index in [4.69, 9.17) is 9.88 Å². The molecule has 0 spiro atoms. The SMILES string of the molecule is CC(C)[C@@H](C(=O)NCc1cc([18F])ccn1)n1cc(-c2ccc(S(N)(=O)=O)cc2)nn1.CNS(=O)(=O)c1ccc(-c2cn([C@H](C(=O)N(Cc3cc([18F])ccn3)C(=O)OC(C)(C)C)C(C)C)nn2)cc1. The van der Waals surface area contributed by atoms with Crippen molar-refractivity contribution in [2.75, 3.05) is 7.05 Å². The maximum atomic E-state index is 13.8. The van der Waals surface area contributed by atoms with Gasteiger partial charge >= 0.3 is 6.09 Å². The minimum Gasteiger partial charge on any atom is -0.443 e. The number of halogens is 2. The van der Waals surface area contributed by atoms with E-state index in [1.807, 2.05) is 13.8 Å². The summed E-state index contributed by atoms with van der Waals surface area (Å²) in [7, 11) is -6.07. The molecule has 0 unspecified atom stereocenters. The predicted octanol–water partition coefficient (Wildman–Crippen LogP) is 5.19. The highest BCUT2D eigenvalue weighted by molar-refractivity contribution is 7.89. The van der Waals surface area contributed by atoms with Crippen molar-refractivity contribution in [2.45, 2.75) is 89.0 Å². The van der Waals surface area contributed by atoms with E-state index in [9.17, 15) is 40.0 Å². The number of ether oxygens (including phenoxy) is 1. The molecular formula is C44H52F2N12O8S2. The quantitative estimate of drug-likeness (QED) is 0.120. The molecule has 0 saturated heterocycles. The second kappa shape index (κ2) is 21.8. The Morgan fingerprint density at radius 1 is 0.735 bits per heavy atom. The van der Waals surface area contributed by atoms with Gasteiger partial charge in [0.1, 0.15) is 40.7 Å². The van der Waals surface area contributed by atoms with Gasteiger partial charge in [-0.25, -0.2) is 54.5 Å². The van der Waals surface area contributed by atoms with E-state index in [2.05, 4.69) is 40.6 Å². The van der Waals surface area contributed by atoms with Crippen molar-refractivity contribution in [1.82, 2.24) is 54.9 Å². The van der Waals surface area contributed by atoms with Crippen molar-refractivity contribution in [1.29, 1.82) is 0 Å². The molecule has 2 aromatic carbocycles. The van der Waals surface area contributed by atoms with Crippen LogP contribution in [0.1, 0.15) is 71.9 Å². The maximum absolute atomic E-state index is 13.8. The van der Waals surface area contributed by atoms with Crippen molar-refractivity contribution in [3.63, 3.8) is 0 Å². The first kappa shape index (κ1) is 52.1. The standard InChI is InChI=1S/C25H31FN6O5S.C19H21FN6O3S/c1-16(2)22(32-15-21(29-30-32)17-7-9-20(10-8-17)38(35,36)27-6)23(33)31(24(34)37-25(3,4)5)14-19-13-18(26)11-12-28-19;1-12(2)18(19(27)23-10-15-9-14(20)7-8-22-15)26-11-17(24-25-26)13-3-5-16(6-4-13)30(21,28)29/h7-13,15-16,22,27H,14H2,1-6H3;3-9,11-12,18H,10H2,1-2H3,(H,23,27)(H2,21,28,29)/t22-;18-/m00/s1/i26-1;20-1. The number of carbonyl (C=O) groups excluding carboxylic acids is 3. The van der Waals surface area contributed by atoms with Gasteiger partial charge in [0.05, 0.1) is 46.7 Å². The number of hydrogen-bond donors (Lipinski definition) is 3. The fourth-order valence-electron chi connectivity index (χ4n) is 6.49. The minimum atomic E-state index is -3.79. The Morgan fingerprint density at radius 3 is 1.66 bits per heavy atom. The lowest BCUT2D eigenvalue weighted by Gasteiger charge is -2.29. The largest absolute Gasteiger partial charge is 0.443 e. The highest BCUT2D eigenvalue weighted by Gasteiger charge is 2.36. The number of nitrogens with zero attached hydrogens (tertiary/aromatic N) is 9. The van der Waals surface area contributed by atoms with Crippen LogP contribution in [0.2, 0.25) is 0 Å². The monoisotopic (exact) mass is 976 g/mol. The smallest absolute Gasteiger partial charge is 0.417 e. The number of carbonyl (C=O) groups is 3. The summed E-state index contributed by atoms with van der Waals surface area (Å²) in [4.78, 5) is 48.6. The first-order valence-corrected chi connectivity index (χ1v) is 23.9. The number of primary sulfonamides is 1. The van der Waals surface area contributed by atoms with Gasteiger partial charge in [0, 0.05) is 23.5 Å². The van der Waals surface area contributed by atoms with Crippen LogP contribution in [0.25, 0.3) is 22.5 Å². The van der Waals surface area contributed by atoms with Crippen LogP contribution in [0.15, 0.2) is 107 Å². The molecule has 6 aromatic rings. The van der Waals surface area contributed by atoms with Crippen LogP contribution in [-0.2, 0) is 47.5 Å². The fraction of sp³-hybridized carbons (Fsp3) is 0.341. The Morgan fingerprint density at radius 2 is 1.21 bits per heavy atom. The van der Waals surface area contributed by atoms with Crippen molar-refractivity contribution < 1.29 is 44.7 Å². The Kier molecular flexibility index (Phi) is 16.7. The topological polar surface area (TPSA) is 269 Å². The second-order valence-corrected chi connectivity index (χ2v) is 20.3. The fourth-order valence-corrected chi connectivity index (χ4v) is 7.74. The molecular weight excluding hydrogens is 925 g/mol. The molecule has 0 saturated carbocycles. The van der Waals surface area contributed by atoms with Gasteiger partial charge < -0.3 is 10.1 Å². The molecule has 0 radical (unpaired) electrons. The van der Waals surface area contributed by atoms with E-state index in [1.54, 1.807) is 65.1 Å². The third kappa shape index (κ3) is 13.8. The number of rotatable bonds is 15. The zero-order valence-corrected chi connectivity index (χ0v) is 40.0. The van der Waals surface area contributed by atoms with Gasteiger partial charge in [0.15, 0.2) is 0 Å². The molecule has 362 valence electrons. The van der Waals surface area contributed by atoms with Gasteiger partial charge in [-0.15, -0.1) is 10.2 Å². The van der Waals surface area contributed by atoms with Gasteiger partial charge in [-0.1, -0.05) is 62.4 Å². The van der Waals surface area contributed by atoms with Crippen LogP contribution >= 0.6 is 0 Å². The third-order valence-electron chi connectivity index (χ3n) is 9.78. The van der Waals surface area contributed by atoms with Gasteiger partial charge in [-0.05, 0) is 88.2 Å². The summed E-state index contributed by atoms with van der Waals surface area (Å²) in [6, 6.07) is 15.1. The van der Waals surface area contributed by atoms with Crippen molar-refractivity contribution in [3.8, 4) is 22.5 Å². The number of sulfonamides is 2. The molecule has 6 rings (SSSR count). The molecule has 2 atom stereocenters. The molecule has 4 heterocycles. The van der Waals surface area contributed by atoms with Gasteiger partial charge in [0.2, 0.25) is 26.0 Å². The van der Waals surface area contributed by atoms with Crippen LogP contribution in [0.4, 0.5) is 13.6 Å². The van der Waals surface area contributed by atoms with E-state index in [-0.39, 0.29) is 46.3 Å². The zero-order chi connectivity index (χ0) is 50.1. The Bertz CT molecular complexity index is 2940.